The maximum Gasteiger partial charge on any atom is 0.228 e. The van der Waals surface area contributed by atoms with Gasteiger partial charge in [0.05, 0.1) is 5.92 Å². The predicted molar refractivity (Wildman–Crippen MR) is 70.4 cm³/mol. The highest BCUT2D eigenvalue weighted by Crippen LogP contribution is 2.21. The van der Waals surface area contributed by atoms with Crippen molar-refractivity contribution in [2.75, 3.05) is 18.4 Å². The summed E-state index contributed by atoms with van der Waals surface area (Å²) in [7, 11) is 0. The first kappa shape index (κ1) is 12.4. The summed E-state index contributed by atoms with van der Waals surface area (Å²) in [6.07, 6.45) is 2.02. The van der Waals surface area contributed by atoms with Crippen LogP contribution in [-0.4, -0.2) is 19.0 Å². The summed E-state index contributed by atoms with van der Waals surface area (Å²) in [6.45, 7) is 3.73. The standard InChI is InChI=1S/C13H17ClN2O/c1-9-4-5-11(7-12(9)14)16-13(17)10-3-2-6-15-8-10/h4-5,7,10,15H,2-3,6,8H2,1H3,(H,16,17)/t10-/m1/s1. The number of aryl methyl sites for hydroxylation is 1. The van der Waals surface area contributed by atoms with Crippen LogP contribution in [0.25, 0.3) is 0 Å². The molecule has 3 nitrogen and oxygen atoms in total. The van der Waals surface area contributed by atoms with Gasteiger partial charge >= 0.3 is 0 Å². The molecule has 1 atom stereocenters. The van der Waals surface area contributed by atoms with Crippen molar-refractivity contribution in [3.63, 3.8) is 0 Å². The first-order valence-electron chi connectivity index (χ1n) is 5.94. The molecule has 1 heterocycles. The molecule has 0 radical (unpaired) electrons. The van der Waals surface area contributed by atoms with Crippen LogP contribution < -0.4 is 10.6 Å². The Labute approximate surface area is 107 Å². The second kappa shape index (κ2) is 5.52. The molecule has 2 rings (SSSR count). The third kappa shape index (κ3) is 3.20. The van der Waals surface area contributed by atoms with Crippen LogP contribution in [0.2, 0.25) is 5.02 Å². The molecule has 92 valence electrons. The molecule has 2 N–H and O–H groups in total. The lowest BCUT2D eigenvalue weighted by Crippen LogP contribution is -2.37. The van der Waals surface area contributed by atoms with E-state index in [0.29, 0.717) is 5.02 Å². The van der Waals surface area contributed by atoms with Crippen molar-refractivity contribution in [2.24, 2.45) is 5.92 Å². The second-order valence-electron chi connectivity index (χ2n) is 4.50. The fourth-order valence-corrected chi connectivity index (χ4v) is 2.17. The lowest BCUT2D eigenvalue weighted by Gasteiger charge is -2.22. The van der Waals surface area contributed by atoms with E-state index in [2.05, 4.69) is 10.6 Å². The minimum Gasteiger partial charge on any atom is -0.326 e. The van der Waals surface area contributed by atoms with Gasteiger partial charge < -0.3 is 10.6 Å². The fraction of sp³-hybridized carbons (Fsp3) is 0.462. The third-order valence-corrected chi connectivity index (χ3v) is 3.51. The van der Waals surface area contributed by atoms with E-state index in [1.165, 1.54) is 0 Å². The van der Waals surface area contributed by atoms with E-state index in [-0.39, 0.29) is 11.8 Å². The third-order valence-electron chi connectivity index (χ3n) is 3.11. The maximum atomic E-state index is 12.0. The van der Waals surface area contributed by atoms with Gasteiger partial charge in [-0.05, 0) is 44.0 Å². The molecule has 1 aromatic rings. The molecule has 0 bridgehead atoms. The summed E-state index contributed by atoms with van der Waals surface area (Å²) in [5.74, 6) is 0.154. The van der Waals surface area contributed by atoms with Gasteiger partial charge in [-0.2, -0.15) is 0 Å². The number of rotatable bonds is 2. The van der Waals surface area contributed by atoms with Crippen LogP contribution in [0.3, 0.4) is 0 Å². The smallest absolute Gasteiger partial charge is 0.228 e. The highest BCUT2D eigenvalue weighted by molar-refractivity contribution is 6.31. The molecule has 0 aliphatic carbocycles. The lowest BCUT2D eigenvalue weighted by atomic mass is 9.99. The topological polar surface area (TPSA) is 41.1 Å². The Kier molecular flexibility index (Phi) is 4.02. The van der Waals surface area contributed by atoms with Crippen LogP contribution >= 0.6 is 11.6 Å². The van der Waals surface area contributed by atoms with Crippen molar-refractivity contribution in [1.82, 2.24) is 5.32 Å². The Morgan fingerprint density at radius 3 is 3.00 bits per heavy atom. The molecule has 4 heteroatoms. The molecule has 1 fully saturated rings. The van der Waals surface area contributed by atoms with Crippen molar-refractivity contribution < 1.29 is 4.79 Å². The molecule has 17 heavy (non-hydrogen) atoms. The van der Waals surface area contributed by atoms with Crippen molar-refractivity contribution in [3.05, 3.63) is 28.8 Å². The van der Waals surface area contributed by atoms with Crippen LogP contribution in [0.5, 0.6) is 0 Å². The Morgan fingerprint density at radius 2 is 2.35 bits per heavy atom. The largest absolute Gasteiger partial charge is 0.326 e. The normalized spacial score (nSPS) is 20.0. The molecular formula is C13H17ClN2O. The molecule has 1 aromatic carbocycles. The molecule has 0 spiro atoms. The van der Waals surface area contributed by atoms with E-state index in [4.69, 9.17) is 11.6 Å². The predicted octanol–water partition coefficient (Wildman–Crippen LogP) is 2.59. The maximum absolute atomic E-state index is 12.0. The molecule has 1 saturated heterocycles. The number of carbonyl (C=O) groups is 1. The van der Waals surface area contributed by atoms with Crippen LogP contribution in [0.1, 0.15) is 18.4 Å². The quantitative estimate of drug-likeness (QED) is 0.850. The van der Waals surface area contributed by atoms with Crippen molar-refractivity contribution in [3.8, 4) is 0 Å². The van der Waals surface area contributed by atoms with E-state index < -0.39 is 0 Å². The summed E-state index contributed by atoms with van der Waals surface area (Å²) in [5.41, 5.74) is 1.79. The number of hydrogen-bond acceptors (Lipinski definition) is 2. The SMILES string of the molecule is Cc1ccc(NC(=O)[C@@H]2CCCNC2)cc1Cl. The van der Waals surface area contributed by atoms with Gasteiger partial charge in [0, 0.05) is 17.3 Å². The summed E-state index contributed by atoms with van der Waals surface area (Å²) < 4.78 is 0. The molecule has 0 saturated carbocycles. The van der Waals surface area contributed by atoms with Crippen molar-refractivity contribution >= 4 is 23.2 Å². The Morgan fingerprint density at radius 1 is 1.53 bits per heavy atom. The Hall–Kier alpha value is -1.06. The Balaban J connectivity index is 1.99. The monoisotopic (exact) mass is 252 g/mol. The number of piperidine rings is 1. The average molecular weight is 253 g/mol. The summed E-state index contributed by atoms with van der Waals surface area (Å²) in [5, 5.41) is 6.84. The first-order valence-corrected chi connectivity index (χ1v) is 6.32. The van der Waals surface area contributed by atoms with Gasteiger partial charge in [-0.15, -0.1) is 0 Å². The number of hydrogen-bond donors (Lipinski definition) is 2. The zero-order chi connectivity index (χ0) is 12.3. The van der Waals surface area contributed by atoms with E-state index >= 15 is 0 Å². The van der Waals surface area contributed by atoms with Crippen molar-refractivity contribution in [2.45, 2.75) is 19.8 Å². The summed E-state index contributed by atoms with van der Waals surface area (Å²) >= 11 is 6.02. The van der Waals surface area contributed by atoms with Gasteiger partial charge in [-0.1, -0.05) is 17.7 Å². The number of halogens is 1. The average Bonchev–Trinajstić information content (AvgIpc) is 2.35. The van der Waals surface area contributed by atoms with E-state index in [1.807, 2.05) is 19.1 Å². The number of anilines is 1. The molecule has 1 amide bonds. The zero-order valence-corrected chi connectivity index (χ0v) is 10.7. The highest BCUT2D eigenvalue weighted by Gasteiger charge is 2.20. The van der Waals surface area contributed by atoms with Crippen LogP contribution in [0, 0.1) is 12.8 Å². The van der Waals surface area contributed by atoms with Crippen LogP contribution in [-0.2, 0) is 4.79 Å². The van der Waals surface area contributed by atoms with E-state index in [0.717, 1.165) is 37.2 Å². The minimum absolute atomic E-state index is 0.0730. The van der Waals surface area contributed by atoms with E-state index in [1.54, 1.807) is 6.07 Å². The minimum atomic E-state index is 0.0730. The second-order valence-corrected chi connectivity index (χ2v) is 4.90. The summed E-state index contributed by atoms with van der Waals surface area (Å²) in [4.78, 5) is 12.0. The number of nitrogens with one attached hydrogen (secondary N) is 2. The zero-order valence-electron chi connectivity index (χ0n) is 9.92. The number of carbonyl (C=O) groups excluding carboxylic acids is 1. The van der Waals surface area contributed by atoms with Gasteiger partial charge in [0.1, 0.15) is 0 Å². The van der Waals surface area contributed by atoms with Crippen LogP contribution in [0.15, 0.2) is 18.2 Å². The van der Waals surface area contributed by atoms with Gasteiger partial charge in [-0.25, -0.2) is 0 Å². The van der Waals surface area contributed by atoms with E-state index in [9.17, 15) is 4.79 Å². The van der Waals surface area contributed by atoms with Gasteiger partial charge in [0.25, 0.3) is 0 Å². The Bertz CT molecular complexity index is 414. The fourth-order valence-electron chi connectivity index (χ4n) is 1.99. The van der Waals surface area contributed by atoms with Crippen molar-refractivity contribution in [1.29, 1.82) is 0 Å². The van der Waals surface area contributed by atoms with Crippen LogP contribution in [0.4, 0.5) is 5.69 Å². The number of amides is 1. The van der Waals surface area contributed by atoms with Gasteiger partial charge in [0.15, 0.2) is 0 Å². The lowest BCUT2D eigenvalue weighted by molar-refractivity contribution is -0.120. The first-order chi connectivity index (χ1) is 8.16. The molecule has 1 aliphatic rings. The molecule has 0 aromatic heterocycles. The summed E-state index contributed by atoms with van der Waals surface area (Å²) in [6, 6.07) is 5.59. The van der Waals surface area contributed by atoms with Gasteiger partial charge in [0.2, 0.25) is 5.91 Å². The van der Waals surface area contributed by atoms with Gasteiger partial charge in [-0.3, -0.25) is 4.79 Å². The molecule has 1 aliphatic heterocycles. The molecule has 0 unspecified atom stereocenters. The highest BCUT2D eigenvalue weighted by atomic mass is 35.5. The molecular weight excluding hydrogens is 236 g/mol. The number of benzene rings is 1.